The molecule has 7 heteroatoms. The first-order valence-electron chi connectivity index (χ1n) is 9.93. The second-order valence-electron chi connectivity index (χ2n) is 7.93. The van der Waals surface area contributed by atoms with Gasteiger partial charge in [-0.05, 0) is 65.3 Å². The van der Waals surface area contributed by atoms with Crippen LogP contribution >= 0.6 is 0 Å². The molecule has 0 aliphatic heterocycles. The highest BCUT2D eigenvalue weighted by Crippen LogP contribution is 2.36. The van der Waals surface area contributed by atoms with Crippen LogP contribution in [0, 0.1) is 17.6 Å². The van der Waals surface area contributed by atoms with E-state index in [1.807, 2.05) is 18.2 Å². The molecule has 0 bridgehead atoms. The molecule has 1 aliphatic rings. The molecule has 1 nitrogen and oxygen atoms in total. The van der Waals surface area contributed by atoms with E-state index in [1.165, 1.54) is 17.2 Å². The van der Waals surface area contributed by atoms with E-state index in [9.17, 15) is 26.3 Å². The monoisotopic (exact) mass is 448 g/mol. The molecule has 0 spiro atoms. The van der Waals surface area contributed by atoms with Crippen molar-refractivity contribution in [1.29, 1.82) is 0 Å². The van der Waals surface area contributed by atoms with Gasteiger partial charge in [0.15, 0.2) is 0 Å². The molecule has 0 saturated carbocycles. The van der Waals surface area contributed by atoms with Crippen molar-refractivity contribution in [2.24, 2.45) is 5.92 Å². The number of hydrogen-bond acceptors (Lipinski definition) is 1. The average Bonchev–Trinajstić information content (AvgIpc) is 3.08. The Balaban J connectivity index is 1.58. The zero-order valence-corrected chi connectivity index (χ0v) is 16.9. The number of halogens is 6. The van der Waals surface area contributed by atoms with E-state index in [2.05, 4.69) is 11.7 Å². The first kappa shape index (κ1) is 22.0. The lowest BCUT2D eigenvalue weighted by Crippen LogP contribution is -2.23. The van der Waals surface area contributed by atoms with Crippen molar-refractivity contribution in [2.75, 3.05) is 0 Å². The number of alkyl halides is 2. The summed E-state index contributed by atoms with van der Waals surface area (Å²) in [6.07, 6.45) is -4.09. The van der Waals surface area contributed by atoms with Crippen LogP contribution in [0.3, 0.4) is 0 Å². The maximum Gasteiger partial charge on any atom is 0.429 e. The van der Waals surface area contributed by atoms with Crippen molar-refractivity contribution in [3.63, 3.8) is 0 Å². The van der Waals surface area contributed by atoms with Gasteiger partial charge in [-0.2, -0.15) is 17.6 Å². The standard InChI is InChI=1S/C25H18F6O/c1-14-8-15-2-3-16(10-19(15)9-14)17-5-7-21(23(27)11-17)25(30,31)32-20-6-4-18(12-24(28)29)22(26)13-20/h2-7,10-14H,8-9H2,1H3. The number of hydrogen-bond donors (Lipinski definition) is 0. The third-order valence-corrected chi connectivity index (χ3v) is 5.44. The van der Waals surface area contributed by atoms with Gasteiger partial charge in [-0.25, -0.2) is 8.78 Å². The van der Waals surface area contributed by atoms with Crippen LogP contribution in [0.25, 0.3) is 17.2 Å². The van der Waals surface area contributed by atoms with Crippen LogP contribution in [-0.4, -0.2) is 0 Å². The number of benzene rings is 3. The fourth-order valence-corrected chi connectivity index (χ4v) is 3.96. The van der Waals surface area contributed by atoms with Gasteiger partial charge in [-0.3, -0.25) is 0 Å². The number of ether oxygens (including phenoxy) is 1. The van der Waals surface area contributed by atoms with E-state index >= 15 is 0 Å². The molecule has 0 N–H and O–H groups in total. The van der Waals surface area contributed by atoms with Crippen molar-refractivity contribution in [3.8, 4) is 16.9 Å². The molecule has 0 aromatic heterocycles. The molecule has 166 valence electrons. The maximum absolute atomic E-state index is 14.6. The molecule has 3 aromatic rings. The molecule has 4 rings (SSSR count). The lowest BCUT2D eigenvalue weighted by Gasteiger charge is -2.19. The smallest absolute Gasteiger partial charge is 0.429 e. The molecular formula is C25H18F6O. The Morgan fingerprint density at radius 1 is 0.875 bits per heavy atom. The van der Waals surface area contributed by atoms with Crippen LogP contribution in [0.15, 0.2) is 60.7 Å². The quantitative estimate of drug-likeness (QED) is 0.363. The molecule has 1 aliphatic carbocycles. The Labute approximate surface area is 181 Å². The lowest BCUT2D eigenvalue weighted by molar-refractivity contribution is -0.187. The van der Waals surface area contributed by atoms with E-state index in [1.54, 1.807) is 0 Å². The third kappa shape index (κ3) is 4.52. The molecule has 32 heavy (non-hydrogen) atoms. The Morgan fingerprint density at radius 3 is 2.25 bits per heavy atom. The van der Waals surface area contributed by atoms with E-state index in [-0.39, 0.29) is 6.08 Å². The summed E-state index contributed by atoms with van der Waals surface area (Å²) in [4.78, 5) is 0. The minimum atomic E-state index is -4.11. The first-order valence-corrected chi connectivity index (χ1v) is 9.93. The predicted octanol–water partition coefficient (Wildman–Crippen LogP) is 7.73. The van der Waals surface area contributed by atoms with Gasteiger partial charge < -0.3 is 4.74 Å². The normalized spacial score (nSPS) is 15.4. The Morgan fingerprint density at radius 2 is 1.56 bits per heavy atom. The van der Waals surface area contributed by atoms with Gasteiger partial charge in [0.1, 0.15) is 17.4 Å². The Kier molecular flexibility index (Phi) is 5.75. The van der Waals surface area contributed by atoms with Crippen LogP contribution in [-0.2, 0) is 19.0 Å². The molecule has 0 radical (unpaired) electrons. The summed E-state index contributed by atoms with van der Waals surface area (Å²) in [5, 5.41) is 0. The Bertz CT molecular complexity index is 1200. The van der Waals surface area contributed by atoms with Gasteiger partial charge >= 0.3 is 6.11 Å². The highest BCUT2D eigenvalue weighted by molar-refractivity contribution is 5.66. The van der Waals surface area contributed by atoms with Crippen molar-refractivity contribution >= 4 is 6.08 Å². The minimum Gasteiger partial charge on any atom is -0.429 e. The summed E-state index contributed by atoms with van der Waals surface area (Å²) in [5.74, 6) is -2.45. The van der Waals surface area contributed by atoms with Crippen molar-refractivity contribution in [1.82, 2.24) is 0 Å². The maximum atomic E-state index is 14.6. The largest absolute Gasteiger partial charge is 0.429 e. The second kappa shape index (κ2) is 8.37. The van der Waals surface area contributed by atoms with Crippen LogP contribution in [0.1, 0.15) is 29.2 Å². The first-order chi connectivity index (χ1) is 15.1. The third-order valence-electron chi connectivity index (χ3n) is 5.44. The van der Waals surface area contributed by atoms with Gasteiger partial charge in [0.05, 0.1) is 5.56 Å². The van der Waals surface area contributed by atoms with E-state index < -0.39 is 40.7 Å². The SMILES string of the molecule is CC1Cc2ccc(-c3ccc(C(F)(F)Oc4ccc(C=C(F)F)c(F)c4)c(F)c3)cc2C1. The lowest BCUT2D eigenvalue weighted by atomic mass is 9.99. The molecule has 0 heterocycles. The van der Waals surface area contributed by atoms with Gasteiger partial charge in [0.2, 0.25) is 0 Å². The fraction of sp³-hybridized carbons (Fsp3) is 0.200. The van der Waals surface area contributed by atoms with E-state index in [0.717, 1.165) is 42.7 Å². The predicted molar refractivity (Wildman–Crippen MR) is 110 cm³/mol. The fourth-order valence-electron chi connectivity index (χ4n) is 3.96. The van der Waals surface area contributed by atoms with Gasteiger partial charge in [0, 0.05) is 17.7 Å². The van der Waals surface area contributed by atoms with Gasteiger partial charge in [-0.1, -0.05) is 31.2 Å². The summed E-state index contributed by atoms with van der Waals surface area (Å²) in [5.41, 5.74) is 2.07. The molecular weight excluding hydrogens is 430 g/mol. The molecule has 1 unspecified atom stereocenters. The summed E-state index contributed by atoms with van der Waals surface area (Å²) >= 11 is 0. The van der Waals surface area contributed by atoms with E-state index in [4.69, 9.17) is 0 Å². The highest BCUT2D eigenvalue weighted by Gasteiger charge is 2.38. The van der Waals surface area contributed by atoms with E-state index in [0.29, 0.717) is 17.5 Å². The van der Waals surface area contributed by atoms with Crippen LogP contribution in [0.4, 0.5) is 26.3 Å². The van der Waals surface area contributed by atoms with Gasteiger partial charge in [0.25, 0.3) is 6.08 Å². The van der Waals surface area contributed by atoms with Crippen LogP contribution < -0.4 is 4.74 Å². The minimum absolute atomic E-state index is 0.259. The molecule has 3 aromatic carbocycles. The highest BCUT2D eigenvalue weighted by atomic mass is 19.3. The zero-order chi connectivity index (χ0) is 23.0. The molecule has 0 saturated heterocycles. The molecule has 0 amide bonds. The molecule has 0 fully saturated rings. The van der Waals surface area contributed by atoms with Gasteiger partial charge in [-0.15, -0.1) is 0 Å². The Hall–Kier alpha value is -3.22. The van der Waals surface area contributed by atoms with Crippen LogP contribution in [0.2, 0.25) is 0 Å². The number of rotatable bonds is 5. The molecule has 1 atom stereocenters. The summed E-state index contributed by atoms with van der Waals surface area (Å²) in [6, 6.07) is 11.4. The van der Waals surface area contributed by atoms with Crippen molar-refractivity contribution in [2.45, 2.75) is 25.9 Å². The number of fused-ring (bicyclic) bond motifs is 1. The summed E-state index contributed by atoms with van der Waals surface area (Å²) < 4.78 is 86.7. The summed E-state index contributed by atoms with van der Waals surface area (Å²) in [7, 11) is 0. The zero-order valence-electron chi connectivity index (χ0n) is 16.9. The average molecular weight is 448 g/mol. The summed E-state index contributed by atoms with van der Waals surface area (Å²) in [6.45, 7) is 2.14. The van der Waals surface area contributed by atoms with Crippen LogP contribution in [0.5, 0.6) is 5.75 Å². The van der Waals surface area contributed by atoms with Crippen molar-refractivity contribution in [3.05, 3.63) is 94.6 Å². The van der Waals surface area contributed by atoms with Crippen molar-refractivity contribution < 1.29 is 31.1 Å². The topological polar surface area (TPSA) is 9.23 Å². The second-order valence-corrected chi connectivity index (χ2v) is 7.93.